The van der Waals surface area contributed by atoms with Crippen LogP contribution in [0.5, 0.6) is 0 Å². The zero-order chi connectivity index (χ0) is 25.7. The fraction of sp³-hybridized carbons (Fsp3) is 0.593. The SMILES string of the molecule is CCOCCNc1c(Nc2ccc(F)cc2)nc(N2CCNC3(CC3)C2)nc1C(=N)CN1CCCCC1. The van der Waals surface area contributed by atoms with Crippen molar-refractivity contribution in [2.24, 2.45) is 0 Å². The molecule has 1 saturated carbocycles. The van der Waals surface area contributed by atoms with E-state index >= 15 is 0 Å². The standard InChI is InChI=1S/C27H39FN8O/c1-2-37-17-13-30-24-23(22(29)18-35-14-4-3-5-15-35)33-26(36-16-12-31-27(19-36)10-11-27)34-25(24)32-21-8-6-20(28)7-9-21/h6-9,29-31H,2-5,10-19H2,1H3,(H,32,33,34). The summed E-state index contributed by atoms with van der Waals surface area (Å²) in [5, 5.41) is 19.6. The molecule has 0 amide bonds. The van der Waals surface area contributed by atoms with Gasteiger partial charge in [-0.05, 0) is 70.0 Å². The second kappa shape index (κ2) is 11.7. The molecule has 4 N–H and O–H groups in total. The lowest BCUT2D eigenvalue weighted by Crippen LogP contribution is -2.53. The van der Waals surface area contributed by atoms with E-state index in [0.29, 0.717) is 55.2 Å². The van der Waals surface area contributed by atoms with E-state index in [0.717, 1.165) is 38.4 Å². The Balaban J connectivity index is 1.50. The molecule has 3 aliphatic rings. The van der Waals surface area contributed by atoms with Crippen molar-refractivity contribution in [3.63, 3.8) is 0 Å². The highest BCUT2D eigenvalue weighted by atomic mass is 19.1. The number of benzene rings is 1. The average Bonchev–Trinajstić information content (AvgIpc) is 3.66. The minimum atomic E-state index is -0.288. The summed E-state index contributed by atoms with van der Waals surface area (Å²) in [4.78, 5) is 14.5. The van der Waals surface area contributed by atoms with Gasteiger partial charge in [-0.1, -0.05) is 6.42 Å². The average molecular weight is 511 g/mol. The number of rotatable bonds is 11. The second-order valence-corrected chi connectivity index (χ2v) is 10.3. The van der Waals surface area contributed by atoms with Crippen molar-refractivity contribution in [1.29, 1.82) is 5.41 Å². The Morgan fingerprint density at radius 2 is 1.92 bits per heavy atom. The van der Waals surface area contributed by atoms with Gasteiger partial charge < -0.3 is 31.0 Å². The molecule has 9 nitrogen and oxygen atoms in total. The molecular weight excluding hydrogens is 471 g/mol. The van der Waals surface area contributed by atoms with Crippen molar-refractivity contribution >= 4 is 28.9 Å². The van der Waals surface area contributed by atoms with Gasteiger partial charge in [0.2, 0.25) is 5.95 Å². The van der Waals surface area contributed by atoms with Gasteiger partial charge in [0.25, 0.3) is 0 Å². The number of piperidine rings is 1. The molecule has 2 aliphatic heterocycles. The molecule has 2 saturated heterocycles. The van der Waals surface area contributed by atoms with Crippen molar-refractivity contribution < 1.29 is 9.13 Å². The van der Waals surface area contributed by atoms with Crippen molar-refractivity contribution in [3.8, 4) is 0 Å². The Kier molecular flexibility index (Phi) is 8.17. The Labute approximate surface area is 218 Å². The van der Waals surface area contributed by atoms with Gasteiger partial charge in [-0.2, -0.15) is 4.98 Å². The number of anilines is 4. The molecule has 1 aromatic heterocycles. The molecule has 0 radical (unpaired) electrons. The number of nitrogens with one attached hydrogen (secondary N) is 4. The van der Waals surface area contributed by atoms with Gasteiger partial charge in [0.05, 0.1) is 12.3 Å². The normalized spacial score (nSPS) is 19.1. The van der Waals surface area contributed by atoms with E-state index in [4.69, 9.17) is 20.1 Å². The smallest absolute Gasteiger partial charge is 0.228 e. The Bertz CT molecular complexity index is 1070. The van der Waals surface area contributed by atoms with E-state index in [1.54, 1.807) is 12.1 Å². The monoisotopic (exact) mass is 510 g/mol. The predicted molar refractivity (Wildman–Crippen MR) is 146 cm³/mol. The molecular formula is C27H39FN8O. The van der Waals surface area contributed by atoms with E-state index < -0.39 is 0 Å². The van der Waals surface area contributed by atoms with Crippen LogP contribution in [0.4, 0.5) is 27.5 Å². The number of aromatic nitrogens is 2. The molecule has 1 aromatic carbocycles. The number of hydrogen-bond donors (Lipinski definition) is 4. The molecule has 0 unspecified atom stereocenters. The summed E-state index contributed by atoms with van der Waals surface area (Å²) in [6.45, 7) is 8.84. The van der Waals surface area contributed by atoms with Crippen LogP contribution in [0.3, 0.4) is 0 Å². The molecule has 1 aliphatic carbocycles. The maximum Gasteiger partial charge on any atom is 0.228 e. The van der Waals surface area contributed by atoms with E-state index in [1.807, 2.05) is 6.92 Å². The number of halogens is 1. The third-order valence-electron chi connectivity index (χ3n) is 7.38. The van der Waals surface area contributed by atoms with Crippen LogP contribution in [-0.2, 0) is 4.74 Å². The fourth-order valence-electron chi connectivity index (χ4n) is 5.16. The molecule has 3 heterocycles. The molecule has 0 atom stereocenters. The predicted octanol–water partition coefficient (Wildman–Crippen LogP) is 3.60. The van der Waals surface area contributed by atoms with Crippen LogP contribution in [0.15, 0.2) is 24.3 Å². The van der Waals surface area contributed by atoms with Gasteiger partial charge >= 0.3 is 0 Å². The Morgan fingerprint density at radius 1 is 1.14 bits per heavy atom. The highest BCUT2D eigenvalue weighted by Crippen LogP contribution is 2.39. The largest absolute Gasteiger partial charge is 0.380 e. The highest BCUT2D eigenvalue weighted by molar-refractivity contribution is 6.05. The van der Waals surface area contributed by atoms with Crippen molar-refractivity contribution in [2.75, 3.05) is 74.6 Å². The number of nitrogens with zero attached hydrogens (tertiary/aromatic N) is 4. The number of piperazine rings is 1. The minimum Gasteiger partial charge on any atom is -0.380 e. The third kappa shape index (κ3) is 6.55. The zero-order valence-electron chi connectivity index (χ0n) is 21.8. The summed E-state index contributed by atoms with van der Waals surface area (Å²) >= 11 is 0. The topological polar surface area (TPSA) is 101 Å². The minimum absolute atomic E-state index is 0.169. The number of hydrogen-bond acceptors (Lipinski definition) is 9. The second-order valence-electron chi connectivity index (χ2n) is 10.3. The molecule has 10 heteroatoms. The van der Waals surface area contributed by atoms with Crippen LogP contribution < -0.4 is 20.9 Å². The van der Waals surface area contributed by atoms with Gasteiger partial charge in [-0.3, -0.25) is 4.90 Å². The quantitative estimate of drug-likeness (QED) is 0.269. The van der Waals surface area contributed by atoms with Gasteiger partial charge in [0.1, 0.15) is 17.2 Å². The Hall–Kier alpha value is -2.82. The van der Waals surface area contributed by atoms with E-state index in [2.05, 4.69) is 25.8 Å². The summed E-state index contributed by atoms with van der Waals surface area (Å²) in [5.41, 5.74) is 2.67. The summed E-state index contributed by atoms with van der Waals surface area (Å²) in [7, 11) is 0. The summed E-state index contributed by atoms with van der Waals surface area (Å²) < 4.78 is 19.2. The first kappa shape index (κ1) is 25.8. The van der Waals surface area contributed by atoms with E-state index in [-0.39, 0.29) is 11.4 Å². The van der Waals surface area contributed by atoms with E-state index in [1.165, 1.54) is 44.2 Å². The first-order valence-corrected chi connectivity index (χ1v) is 13.6. The van der Waals surface area contributed by atoms with E-state index in [9.17, 15) is 4.39 Å². The van der Waals surface area contributed by atoms with Crippen molar-refractivity contribution in [3.05, 3.63) is 35.8 Å². The first-order valence-electron chi connectivity index (χ1n) is 13.6. The molecule has 3 fully saturated rings. The van der Waals surface area contributed by atoms with Crippen LogP contribution in [0, 0.1) is 11.2 Å². The van der Waals surface area contributed by atoms with Crippen molar-refractivity contribution in [2.45, 2.75) is 44.6 Å². The van der Waals surface area contributed by atoms with Gasteiger partial charge in [0, 0.05) is 50.6 Å². The zero-order valence-corrected chi connectivity index (χ0v) is 21.8. The van der Waals surface area contributed by atoms with Crippen molar-refractivity contribution in [1.82, 2.24) is 20.2 Å². The molecule has 1 spiro atoms. The van der Waals surface area contributed by atoms with Crippen LogP contribution in [0.2, 0.25) is 0 Å². The van der Waals surface area contributed by atoms with Gasteiger partial charge in [0.15, 0.2) is 5.82 Å². The van der Waals surface area contributed by atoms with Gasteiger partial charge in [-0.25, -0.2) is 9.37 Å². The molecule has 2 aromatic rings. The van der Waals surface area contributed by atoms with Crippen LogP contribution in [0.25, 0.3) is 0 Å². The maximum atomic E-state index is 13.6. The Morgan fingerprint density at radius 3 is 2.65 bits per heavy atom. The summed E-state index contributed by atoms with van der Waals surface area (Å²) in [6, 6.07) is 6.26. The van der Waals surface area contributed by atoms with Crippen LogP contribution in [-0.4, -0.2) is 85.1 Å². The maximum absolute atomic E-state index is 13.6. The lowest BCUT2D eigenvalue weighted by atomic mass is 10.1. The van der Waals surface area contributed by atoms with Crippen LogP contribution in [0.1, 0.15) is 44.7 Å². The molecule has 37 heavy (non-hydrogen) atoms. The number of ether oxygens (including phenoxy) is 1. The third-order valence-corrected chi connectivity index (χ3v) is 7.38. The van der Waals surface area contributed by atoms with Crippen LogP contribution >= 0.6 is 0 Å². The highest BCUT2D eigenvalue weighted by Gasteiger charge is 2.46. The number of likely N-dealkylation sites (tertiary alicyclic amines) is 1. The van der Waals surface area contributed by atoms with Gasteiger partial charge in [-0.15, -0.1) is 0 Å². The lowest BCUT2D eigenvalue weighted by Gasteiger charge is -2.35. The summed E-state index contributed by atoms with van der Waals surface area (Å²) in [5.74, 6) is 0.935. The molecule has 0 bridgehead atoms. The lowest BCUT2D eigenvalue weighted by molar-refractivity contribution is 0.158. The molecule has 5 rings (SSSR count). The first-order chi connectivity index (χ1) is 18.0. The summed E-state index contributed by atoms with van der Waals surface area (Å²) in [6.07, 6.45) is 5.92. The molecule has 200 valence electrons. The fourth-order valence-corrected chi connectivity index (χ4v) is 5.16.